The van der Waals surface area contributed by atoms with Crippen LogP contribution >= 0.6 is 11.8 Å². The lowest BCUT2D eigenvalue weighted by Gasteiger charge is -2.12. The molecule has 0 saturated carbocycles. The third-order valence-corrected chi connectivity index (χ3v) is 5.48. The SMILES string of the molecule is O=C(O)c1ccc(COc2ccccc2/C=C2\SC(=O)N(c3ccccc3)C2=O)cc1. The first kappa shape index (κ1) is 20.4. The molecular formula is C24H17NO5S. The lowest BCUT2D eigenvalue weighted by molar-refractivity contribution is -0.113. The molecule has 1 saturated heterocycles. The standard InChI is InChI=1S/C24H17NO5S/c26-22-21(31-24(29)25(22)19-7-2-1-3-8-19)14-18-6-4-5-9-20(18)30-15-16-10-12-17(13-11-16)23(27)28/h1-14H,15H2,(H,27,28)/b21-14-. The van der Waals surface area contributed by atoms with Gasteiger partial charge in [-0.05, 0) is 53.7 Å². The van der Waals surface area contributed by atoms with Crippen molar-refractivity contribution in [3.05, 3.63) is 100 Å². The van der Waals surface area contributed by atoms with Crippen molar-refractivity contribution in [3.63, 3.8) is 0 Å². The molecule has 2 amide bonds. The summed E-state index contributed by atoms with van der Waals surface area (Å²) in [5.74, 6) is -0.807. The Kier molecular flexibility index (Phi) is 5.86. The maximum Gasteiger partial charge on any atom is 0.335 e. The highest BCUT2D eigenvalue weighted by Gasteiger charge is 2.36. The Morgan fingerprint density at radius 3 is 2.32 bits per heavy atom. The average Bonchev–Trinajstić information content (AvgIpc) is 3.06. The van der Waals surface area contributed by atoms with E-state index in [1.807, 2.05) is 18.2 Å². The highest BCUT2D eigenvalue weighted by molar-refractivity contribution is 8.19. The number of amides is 2. The number of imide groups is 1. The fourth-order valence-electron chi connectivity index (χ4n) is 3.04. The topological polar surface area (TPSA) is 83.9 Å². The molecule has 0 bridgehead atoms. The predicted molar refractivity (Wildman–Crippen MR) is 119 cm³/mol. The van der Waals surface area contributed by atoms with E-state index in [1.165, 1.54) is 12.1 Å². The summed E-state index contributed by atoms with van der Waals surface area (Å²) in [6.07, 6.45) is 1.65. The Labute approximate surface area is 182 Å². The van der Waals surface area contributed by atoms with Gasteiger partial charge in [0.2, 0.25) is 0 Å². The Bertz CT molecular complexity index is 1170. The number of carboxylic acid groups (broad SMARTS) is 1. The Morgan fingerprint density at radius 1 is 0.935 bits per heavy atom. The zero-order chi connectivity index (χ0) is 21.8. The maximum atomic E-state index is 12.8. The molecule has 0 atom stereocenters. The minimum absolute atomic E-state index is 0.207. The van der Waals surface area contributed by atoms with Crippen LogP contribution in [0.15, 0.2) is 83.8 Å². The number of para-hydroxylation sites is 2. The van der Waals surface area contributed by atoms with Gasteiger partial charge in [0.05, 0.1) is 16.2 Å². The van der Waals surface area contributed by atoms with Gasteiger partial charge >= 0.3 is 5.97 Å². The largest absolute Gasteiger partial charge is 0.488 e. The van der Waals surface area contributed by atoms with Gasteiger partial charge in [0.1, 0.15) is 12.4 Å². The summed E-state index contributed by atoms with van der Waals surface area (Å²) in [6, 6.07) is 22.4. The van der Waals surface area contributed by atoms with Gasteiger partial charge < -0.3 is 9.84 Å². The van der Waals surface area contributed by atoms with Crippen LogP contribution in [0, 0.1) is 0 Å². The van der Waals surface area contributed by atoms with Crippen LogP contribution in [0.2, 0.25) is 0 Å². The molecule has 3 aromatic carbocycles. The molecule has 3 aromatic rings. The Hall–Kier alpha value is -3.84. The highest BCUT2D eigenvalue weighted by Crippen LogP contribution is 2.36. The van der Waals surface area contributed by atoms with Gasteiger partial charge in [0.15, 0.2) is 0 Å². The third-order valence-electron chi connectivity index (χ3n) is 4.61. The molecule has 0 unspecified atom stereocenters. The van der Waals surface area contributed by atoms with Gasteiger partial charge in [-0.25, -0.2) is 9.69 Å². The molecule has 1 aliphatic rings. The molecule has 4 rings (SSSR count). The number of ether oxygens (including phenoxy) is 1. The van der Waals surface area contributed by atoms with E-state index in [-0.39, 0.29) is 23.3 Å². The van der Waals surface area contributed by atoms with E-state index < -0.39 is 5.97 Å². The fraction of sp³-hybridized carbons (Fsp3) is 0.0417. The second-order valence-electron chi connectivity index (χ2n) is 6.68. The Balaban J connectivity index is 1.53. The molecule has 1 fully saturated rings. The van der Waals surface area contributed by atoms with Crippen molar-refractivity contribution < 1.29 is 24.2 Å². The van der Waals surface area contributed by atoms with Crippen molar-refractivity contribution in [2.24, 2.45) is 0 Å². The van der Waals surface area contributed by atoms with Crippen molar-refractivity contribution in [2.75, 3.05) is 4.90 Å². The van der Waals surface area contributed by atoms with Crippen molar-refractivity contribution in [1.29, 1.82) is 0 Å². The van der Waals surface area contributed by atoms with Crippen LogP contribution in [0.4, 0.5) is 10.5 Å². The fourth-order valence-corrected chi connectivity index (χ4v) is 3.88. The number of aromatic carboxylic acids is 1. The minimum atomic E-state index is -0.984. The van der Waals surface area contributed by atoms with E-state index in [1.54, 1.807) is 54.6 Å². The normalized spacial score (nSPS) is 14.8. The van der Waals surface area contributed by atoms with Crippen molar-refractivity contribution in [3.8, 4) is 5.75 Å². The number of carboxylic acids is 1. The summed E-state index contributed by atoms with van der Waals surface area (Å²) in [7, 11) is 0. The van der Waals surface area contributed by atoms with E-state index >= 15 is 0 Å². The van der Waals surface area contributed by atoms with Crippen LogP contribution in [-0.2, 0) is 11.4 Å². The predicted octanol–water partition coefficient (Wildman–Crippen LogP) is 5.20. The molecule has 1 N–H and O–H groups in total. The zero-order valence-electron chi connectivity index (χ0n) is 16.2. The van der Waals surface area contributed by atoms with Gasteiger partial charge in [-0.1, -0.05) is 48.5 Å². The summed E-state index contributed by atoms with van der Waals surface area (Å²) in [6.45, 7) is 0.232. The monoisotopic (exact) mass is 431 g/mol. The number of hydrogen-bond donors (Lipinski definition) is 1. The van der Waals surface area contributed by atoms with Crippen molar-refractivity contribution in [2.45, 2.75) is 6.61 Å². The van der Waals surface area contributed by atoms with E-state index in [0.717, 1.165) is 22.2 Å². The van der Waals surface area contributed by atoms with Gasteiger partial charge in [0, 0.05) is 5.56 Å². The molecular weight excluding hydrogens is 414 g/mol. The van der Waals surface area contributed by atoms with E-state index in [9.17, 15) is 14.4 Å². The summed E-state index contributed by atoms with van der Waals surface area (Å²) >= 11 is 0.886. The second-order valence-corrected chi connectivity index (χ2v) is 7.67. The number of hydrogen-bond acceptors (Lipinski definition) is 5. The maximum absolute atomic E-state index is 12.8. The number of thioether (sulfide) groups is 1. The number of benzene rings is 3. The number of anilines is 1. The average molecular weight is 431 g/mol. The van der Waals surface area contributed by atoms with Crippen LogP contribution < -0.4 is 9.64 Å². The molecule has 0 aliphatic carbocycles. The Morgan fingerprint density at radius 2 is 1.61 bits per heavy atom. The van der Waals surface area contributed by atoms with Crippen molar-refractivity contribution in [1.82, 2.24) is 0 Å². The van der Waals surface area contributed by atoms with E-state index in [2.05, 4.69) is 0 Å². The number of carbonyl (C=O) groups is 3. The van der Waals surface area contributed by atoms with Crippen LogP contribution in [0.1, 0.15) is 21.5 Å². The number of carbonyl (C=O) groups excluding carboxylic acids is 2. The van der Waals surface area contributed by atoms with E-state index in [4.69, 9.17) is 9.84 Å². The number of rotatable bonds is 6. The molecule has 1 aliphatic heterocycles. The van der Waals surface area contributed by atoms with Crippen LogP contribution in [0.25, 0.3) is 6.08 Å². The quantitative estimate of drug-likeness (QED) is 0.540. The molecule has 0 aromatic heterocycles. The van der Waals surface area contributed by atoms with Gasteiger partial charge in [-0.2, -0.15) is 0 Å². The van der Waals surface area contributed by atoms with Gasteiger partial charge in [-0.15, -0.1) is 0 Å². The molecule has 7 heteroatoms. The summed E-state index contributed by atoms with van der Waals surface area (Å²) in [4.78, 5) is 37.7. The summed E-state index contributed by atoms with van der Waals surface area (Å²) in [5.41, 5.74) is 2.22. The van der Waals surface area contributed by atoms with Crippen LogP contribution in [-0.4, -0.2) is 22.2 Å². The van der Waals surface area contributed by atoms with E-state index in [0.29, 0.717) is 21.9 Å². The number of nitrogens with zero attached hydrogens (tertiary/aromatic N) is 1. The lowest BCUT2D eigenvalue weighted by Crippen LogP contribution is -2.27. The molecule has 0 radical (unpaired) electrons. The van der Waals surface area contributed by atoms with Crippen LogP contribution in [0.5, 0.6) is 5.75 Å². The highest BCUT2D eigenvalue weighted by atomic mass is 32.2. The molecule has 31 heavy (non-hydrogen) atoms. The summed E-state index contributed by atoms with van der Waals surface area (Å²) in [5, 5.41) is 8.64. The first-order valence-electron chi connectivity index (χ1n) is 9.40. The molecule has 0 spiro atoms. The smallest absolute Gasteiger partial charge is 0.335 e. The van der Waals surface area contributed by atoms with Crippen LogP contribution in [0.3, 0.4) is 0 Å². The zero-order valence-corrected chi connectivity index (χ0v) is 17.0. The van der Waals surface area contributed by atoms with Gasteiger partial charge in [0.25, 0.3) is 11.1 Å². The van der Waals surface area contributed by atoms with Gasteiger partial charge in [-0.3, -0.25) is 9.59 Å². The molecule has 154 valence electrons. The molecule has 6 nitrogen and oxygen atoms in total. The second kappa shape index (κ2) is 8.89. The first-order chi connectivity index (χ1) is 15.0. The lowest BCUT2D eigenvalue weighted by atomic mass is 10.1. The molecule has 1 heterocycles. The minimum Gasteiger partial charge on any atom is -0.488 e. The summed E-state index contributed by atoms with van der Waals surface area (Å²) < 4.78 is 5.90. The first-order valence-corrected chi connectivity index (χ1v) is 10.2. The third kappa shape index (κ3) is 4.51. The van der Waals surface area contributed by atoms with Crippen molar-refractivity contribution >= 4 is 40.6 Å².